The zero-order valence-electron chi connectivity index (χ0n) is 17.1. The highest BCUT2D eigenvalue weighted by molar-refractivity contribution is 5.91. The molecule has 148 valence electrons. The second kappa shape index (κ2) is 6.02. The number of carbonyl (C=O) groups is 3. The van der Waals surface area contributed by atoms with Gasteiger partial charge in [0.15, 0.2) is 17.2 Å². The molecule has 0 heterocycles. The van der Waals surface area contributed by atoms with Gasteiger partial charge in [-0.05, 0) is 81.1 Å². The predicted octanol–water partition coefficient (Wildman–Crippen LogP) is 4.41. The second-order valence-corrected chi connectivity index (χ2v) is 9.94. The maximum absolute atomic E-state index is 12.7. The van der Waals surface area contributed by atoms with Gasteiger partial charge in [0.1, 0.15) is 0 Å². The van der Waals surface area contributed by atoms with Gasteiger partial charge in [-0.25, -0.2) is 0 Å². The topological polar surface area (TPSA) is 60.4 Å². The van der Waals surface area contributed by atoms with Crippen molar-refractivity contribution >= 4 is 17.5 Å². The third-order valence-corrected chi connectivity index (χ3v) is 8.97. The van der Waals surface area contributed by atoms with Crippen molar-refractivity contribution < 1.29 is 19.1 Å². The number of hydrogen-bond donors (Lipinski definition) is 0. The first-order valence-corrected chi connectivity index (χ1v) is 10.6. The van der Waals surface area contributed by atoms with E-state index in [1.165, 1.54) is 12.5 Å². The Hall–Kier alpha value is -1.45. The number of fused-ring (bicyclic) bond motifs is 5. The molecule has 0 unspecified atom stereocenters. The van der Waals surface area contributed by atoms with E-state index in [-0.39, 0.29) is 28.4 Å². The molecule has 0 aromatic heterocycles. The van der Waals surface area contributed by atoms with E-state index in [4.69, 9.17) is 4.74 Å². The van der Waals surface area contributed by atoms with E-state index in [0.717, 1.165) is 38.5 Å². The summed E-state index contributed by atoms with van der Waals surface area (Å²) in [6, 6.07) is 0. The van der Waals surface area contributed by atoms with Crippen LogP contribution in [0.5, 0.6) is 0 Å². The summed E-state index contributed by atoms with van der Waals surface area (Å²) < 4.78 is 5.81. The molecule has 0 radical (unpaired) electrons. The summed E-state index contributed by atoms with van der Waals surface area (Å²) in [5, 5.41) is 0. The van der Waals surface area contributed by atoms with Crippen LogP contribution in [0, 0.1) is 28.6 Å². The van der Waals surface area contributed by atoms with Gasteiger partial charge < -0.3 is 4.74 Å². The van der Waals surface area contributed by atoms with Crippen LogP contribution in [0.3, 0.4) is 0 Å². The lowest BCUT2D eigenvalue weighted by atomic mass is 9.46. The van der Waals surface area contributed by atoms with Crippen molar-refractivity contribution in [2.45, 2.75) is 84.7 Å². The average Bonchev–Trinajstić information content (AvgIpc) is 2.89. The summed E-state index contributed by atoms with van der Waals surface area (Å²) in [6.45, 7) is 7.58. The Bertz CT molecular complexity index is 737. The number of ketones is 2. The molecular weight excluding hydrogens is 340 g/mol. The van der Waals surface area contributed by atoms with Gasteiger partial charge in [0.05, 0.1) is 0 Å². The van der Waals surface area contributed by atoms with Crippen LogP contribution in [0.1, 0.15) is 79.1 Å². The van der Waals surface area contributed by atoms with Crippen LogP contribution in [-0.2, 0) is 19.1 Å². The number of hydrogen-bond acceptors (Lipinski definition) is 4. The molecule has 4 rings (SSSR count). The number of Topliss-reactive ketones (excluding diaryl/α,β-unsaturated/α-hetero) is 1. The van der Waals surface area contributed by atoms with Crippen molar-refractivity contribution in [1.29, 1.82) is 0 Å². The molecule has 0 spiro atoms. The van der Waals surface area contributed by atoms with Crippen molar-refractivity contribution in [2.75, 3.05) is 0 Å². The molecule has 4 aliphatic rings. The van der Waals surface area contributed by atoms with Crippen LogP contribution in [0.4, 0.5) is 0 Å². The van der Waals surface area contributed by atoms with Gasteiger partial charge in [0.2, 0.25) is 0 Å². The molecule has 27 heavy (non-hydrogen) atoms. The maximum Gasteiger partial charge on any atom is 0.303 e. The van der Waals surface area contributed by atoms with E-state index in [1.807, 2.05) is 6.08 Å². The minimum atomic E-state index is -0.950. The van der Waals surface area contributed by atoms with Crippen LogP contribution in [0.25, 0.3) is 0 Å². The van der Waals surface area contributed by atoms with Crippen molar-refractivity contribution in [3.05, 3.63) is 11.6 Å². The number of carbonyl (C=O) groups excluding carboxylic acids is 3. The predicted molar refractivity (Wildman–Crippen MR) is 102 cm³/mol. The largest absolute Gasteiger partial charge is 0.451 e. The van der Waals surface area contributed by atoms with Gasteiger partial charge in [-0.2, -0.15) is 0 Å². The van der Waals surface area contributed by atoms with E-state index in [2.05, 4.69) is 13.8 Å². The normalized spacial score (nSPS) is 46.0. The Balaban J connectivity index is 1.70. The summed E-state index contributed by atoms with van der Waals surface area (Å²) in [7, 11) is 0. The molecule has 0 bridgehead atoms. The van der Waals surface area contributed by atoms with Crippen molar-refractivity contribution in [2.24, 2.45) is 28.6 Å². The maximum atomic E-state index is 12.7. The van der Waals surface area contributed by atoms with E-state index >= 15 is 0 Å². The molecule has 0 N–H and O–H groups in total. The first-order valence-electron chi connectivity index (χ1n) is 10.6. The minimum Gasteiger partial charge on any atom is -0.451 e. The highest BCUT2D eigenvalue weighted by Crippen LogP contribution is 2.68. The lowest BCUT2D eigenvalue weighted by molar-refractivity contribution is -0.187. The standard InChI is InChI=1S/C23H32O4/c1-14(24)23(27-15(2)25)12-9-20-18-6-5-16-13-17(26)7-10-21(16,3)19(18)8-11-22(20,23)4/h13,18-20H,5-12H2,1-4H3/t18-,19+,20+,21+,22-,23-/m0/s1. The molecule has 0 amide bonds. The monoisotopic (exact) mass is 372 g/mol. The Labute approximate surface area is 162 Å². The third kappa shape index (κ3) is 2.44. The van der Waals surface area contributed by atoms with Crippen molar-refractivity contribution in [3.63, 3.8) is 0 Å². The zero-order chi connectivity index (χ0) is 19.6. The minimum absolute atomic E-state index is 0.00650. The van der Waals surface area contributed by atoms with Crippen LogP contribution < -0.4 is 0 Å². The summed E-state index contributed by atoms with van der Waals surface area (Å²) in [6.07, 6.45) is 9.23. The molecular formula is C23H32O4. The number of esters is 1. The van der Waals surface area contributed by atoms with Crippen LogP contribution in [0.2, 0.25) is 0 Å². The Morgan fingerprint density at radius 1 is 1.00 bits per heavy atom. The highest BCUT2D eigenvalue weighted by atomic mass is 16.6. The molecule has 0 aromatic rings. The third-order valence-electron chi connectivity index (χ3n) is 8.97. The van der Waals surface area contributed by atoms with Crippen LogP contribution in [0.15, 0.2) is 11.6 Å². The van der Waals surface area contributed by atoms with E-state index in [9.17, 15) is 14.4 Å². The van der Waals surface area contributed by atoms with Gasteiger partial charge in [0.25, 0.3) is 0 Å². The van der Waals surface area contributed by atoms with E-state index < -0.39 is 5.60 Å². The molecule has 6 atom stereocenters. The van der Waals surface area contributed by atoms with Gasteiger partial charge >= 0.3 is 5.97 Å². The summed E-state index contributed by atoms with van der Waals surface area (Å²) >= 11 is 0. The molecule has 3 fully saturated rings. The second-order valence-electron chi connectivity index (χ2n) is 9.94. The first-order chi connectivity index (χ1) is 12.6. The quantitative estimate of drug-likeness (QED) is 0.674. The molecule has 0 saturated heterocycles. The van der Waals surface area contributed by atoms with Gasteiger partial charge in [0, 0.05) is 18.8 Å². The van der Waals surface area contributed by atoms with E-state index in [0.29, 0.717) is 30.6 Å². The smallest absolute Gasteiger partial charge is 0.303 e. The van der Waals surface area contributed by atoms with Gasteiger partial charge in [-0.1, -0.05) is 19.4 Å². The molecule has 4 heteroatoms. The summed E-state index contributed by atoms with van der Waals surface area (Å²) in [5.74, 6) is 1.48. The average molecular weight is 373 g/mol. The molecule has 0 aromatic carbocycles. The van der Waals surface area contributed by atoms with Crippen LogP contribution >= 0.6 is 0 Å². The van der Waals surface area contributed by atoms with Gasteiger partial charge in [-0.3, -0.25) is 14.4 Å². The first kappa shape index (κ1) is 18.9. The fourth-order valence-corrected chi connectivity index (χ4v) is 7.62. The Morgan fingerprint density at radius 3 is 2.37 bits per heavy atom. The Kier molecular flexibility index (Phi) is 4.21. The number of allylic oxidation sites excluding steroid dienone is 1. The summed E-state index contributed by atoms with van der Waals surface area (Å²) in [5.41, 5.74) is 0.266. The lowest BCUT2D eigenvalue weighted by Gasteiger charge is -2.59. The zero-order valence-corrected chi connectivity index (χ0v) is 17.1. The molecule has 3 saturated carbocycles. The molecule has 4 aliphatic carbocycles. The fourth-order valence-electron chi connectivity index (χ4n) is 7.62. The lowest BCUT2D eigenvalue weighted by Crippen LogP contribution is -2.58. The number of rotatable bonds is 2. The molecule has 0 aliphatic heterocycles. The van der Waals surface area contributed by atoms with E-state index in [1.54, 1.807) is 6.92 Å². The fraction of sp³-hybridized carbons (Fsp3) is 0.783. The van der Waals surface area contributed by atoms with Gasteiger partial charge in [-0.15, -0.1) is 0 Å². The summed E-state index contributed by atoms with van der Waals surface area (Å²) in [4.78, 5) is 36.5. The number of ether oxygens (including phenoxy) is 1. The Morgan fingerprint density at radius 2 is 1.70 bits per heavy atom. The highest BCUT2D eigenvalue weighted by Gasteiger charge is 2.67. The van der Waals surface area contributed by atoms with Crippen molar-refractivity contribution in [3.8, 4) is 0 Å². The van der Waals surface area contributed by atoms with Crippen molar-refractivity contribution in [1.82, 2.24) is 0 Å². The molecule has 4 nitrogen and oxygen atoms in total. The SMILES string of the molecule is CC(=O)O[C@]1(C(C)=O)CC[C@@H]2[C@H]3CCC4=CC(=O)CC[C@@]4(C)[C@@H]3CC[C@@]21C. The van der Waals surface area contributed by atoms with Crippen LogP contribution in [-0.4, -0.2) is 23.1 Å².